The van der Waals surface area contributed by atoms with Crippen molar-refractivity contribution in [3.8, 4) is 69.0 Å². The Morgan fingerprint density at radius 1 is 0.481 bits per heavy atom. The summed E-state index contributed by atoms with van der Waals surface area (Å²) in [5, 5.41) is 26.2. The first-order valence-corrected chi connectivity index (χ1v) is 44.2. The number of aryl methyl sites for hydroxylation is 8. The number of ether oxygens (including phenoxy) is 14. The lowest BCUT2D eigenvalue weighted by molar-refractivity contribution is -0.136. The number of fused-ring (bicyclic) bond motifs is 4. The molecular weight excluding hydrogens is 1670 g/mol. The Morgan fingerprint density at radius 2 is 0.977 bits per heavy atom. The Labute approximate surface area is 775 Å². The van der Waals surface area contributed by atoms with E-state index in [9.17, 15) is 4.79 Å². The summed E-state index contributed by atoms with van der Waals surface area (Å²) in [6.07, 6.45) is 10.5. The lowest BCUT2D eigenvalue weighted by Crippen LogP contribution is -2.24. The zero-order valence-electron chi connectivity index (χ0n) is 80.2. The number of hydrogen-bond donors (Lipinski definition) is 13. The van der Waals surface area contributed by atoms with Crippen LogP contribution in [0.3, 0.4) is 0 Å². The van der Waals surface area contributed by atoms with E-state index in [2.05, 4.69) is 59.7 Å². The van der Waals surface area contributed by atoms with Crippen molar-refractivity contribution in [2.75, 3.05) is 152 Å². The van der Waals surface area contributed by atoms with E-state index in [1.165, 1.54) is 66.2 Å². The largest absolute Gasteiger partial charge is 0.495 e. The summed E-state index contributed by atoms with van der Waals surface area (Å²) in [6.45, 7) is 33.4. The van der Waals surface area contributed by atoms with Crippen molar-refractivity contribution in [2.24, 2.45) is 0 Å². The van der Waals surface area contributed by atoms with Crippen LogP contribution in [0.4, 0.5) is 56.9 Å². The second-order valence-electron chi connectivity index (χ2n) is 32.3. The first-order valence-electron chi connectivity index (χ1n) is 44.2. The average Bonchev–Trinajstić information content (AvgIpc) is 1.60. The Morgan fingerprint density at radius 3 is 1.54 bits per heavy atom. The number of aliphatic hydroxyl groups excluding tert-OH is 2. The number of anilines is 10. The van der Waals surface area contributed by atoms with Gasteiger partial charge in [-0.3, -0.25) is 4.79 Å². The van der Waals surface area contributed by atoms with E-state index >= 15 is 0 Å². The molecule has 0 aromatic heterocycles. The monoisotopic (exact) mass is 1810 g/mol. The van der Waals surface area contributed by atoms with Gasteiger partial charge in [-0.2, -0.15) is 0 Å². The summed E-state index contributed by atoms with van der Waals surface area (Å²) in [7, 11) is 6.45. The quantitative estimate of drug-likeness (QED) is 0.0187. The number of rotatable bonds is 25. The minimum Gasteiger partial charge on any atom is -0.495 e. The number of carboxylic acids is 1. The van der Waals surface area contributed by atoms with Crippen LogP contribution in [0.25, 0.3) is 0 Å². The highest BCUT2D eigenvalue weighted by Crippen LogP contribution is 2.43. The minimum atomic E-state index is -0.869. The molecule has 23 N–H and O–H groups in total. The van der Waals surface area contributed by atoms with E-state index in [-0.39, 0.29) is 37.4 Å². The Kier molecular flexibility index (Phi) is 46.9. The highest BCUT2D eigenvalue weighted by molar-refractivity contribution is 5.71. The standard InChI is InChI=1S/C11H15NO2.2C11H15NO.2C11H17NO.3C10H15NO2.2C9H11NO3/c1-3-13-11-5-8-4-7(2)14-10(8)6-9(11)12;1-7-4-5-9(12)10-8(7)6-11(2,3)13-10;1-13-11-7-9-5-3-2-4-8(9)6-10(11)12;1-4-9(3)13-11-7-8(2)5-6-10(11)12;1-3-4-7-13-11-8-10(12)6-5-9(11)2;1-8-3-4-9(11)7-10(8)13-6-5-12-2;1-8-3-4-9(11)10(7-8)13-6-5-12-2;1-7-3-4-9(11)8(2)10(7)13-6-5-12;10-7-2-1-6(5-11)8-9(7)13-4-3-12-8;1-13-8-4-6(5-9(11)12)2-3-7(8)10/h5-7H,3-4,12H2,1-2H3;4-5H,6,12H2,1-3H3;6-7H,2-5,12H2,1H3;5-7,9H,4,12H2,1-3H3;5-6,8H,3-4,7,12H2,1-2H3;2*3-4,7H,5-6,11H2,1-2H3;3-4,12H,5-6,11H2,1-2H3;1-2,11H,3-5,10H2;2-4H,5,10H2,1H3,(H,11,12). The van der Waals surface area contributed by atoms with Crippen LogP contribution in [0.1, 0.15) is 153 Å². The molecule has 0 saturated carbocycles. The molecule has 2 unspecified atom stereocenters. The van der Waals surface area contributed by atoms with Gasteiger partial charge in [0.15, 0.2) is 11.5 Å². The first kappa shape index (κ1) is 109. The Hall–Kier alpha value is -12.9. The normalized spacial score (nSPS) is 12.9. The number of unbranched alkanes of at least 4 members (excludes halogenated alkanes) is 1. The van der Waals surface area contributed by atoms with Crippen molar-refractivity contribution in [1.82, 2.24) is 0 Å². The molecule has 14 rings (SSSR count). The molecule has 0 fully saturated rings. The Bertz CT molecular complexity index is 5000. The predicted molar refractivity (Wildman–Crippen MR) is 531 cm³/mol. The SMILES string of the molecule is CCC(C)Oc1cc(C)ccc1N.CCCCOc1cc(N)ccc1C.CCOc1cc2c(cc1N)OC(C)C2.COCCOc1cc(C)ccc1N.COCCOc1cc(N)ccc1C.COc1cc(CC(=O)O)ccc1N.COc1cc2c(cc1N)CCCC2.Cc1ccc(N)c(C)c1OCCO.Cc1ccc(N)c2c1CC(C)(C)O2.Nc1ccc(CO)c2c1OCCO2. The number of methoxy groups -OCH3 is 4. The summed E-state index contributed by atoms with van der Waals surface area (Å²) in [5.41, 5.74) is 78.4. The number of aliphatic carboxylic acids is 1. The fraction of sp³-hybridized carbons (Fsp3) is 0.408. The van der Waals surface area contributed by atoms with E-state index in [0.717, 1.165) is 147 Å². The van der Waals surface area contributed by atoms with Gasteiger partial charge in [0, 0.05) is 84.6 Å². The smallest absolute Gasteiger partial charge is 0.307 e. The molecule has 3 heterocycles. The van der Waals surface area contributed by atoms with Gasteiger partial charge in [-0.05, 0) is 257 Å². The molecule has 3 aliphatic heterocycles. The van der Waals surface area contributed by atoms with E-state index in [0.29, 0.717) is 110 Å². The zero-order valence-corrected chi connectivity index (χ0v) is 80.2. The second-order valence-corrected chi connectivity index (χ2v) is 32.3. The lowest BCUT2D eigenvalue weighted by atomic mass is 9.91. The Balaban J connectivity index is 0.000000258. The zero-order chi connectivity index (χ0) is 96.9. The van der Waals surface area contributed by atoms with Crippen LogP contribution in [-0.2, 0) is 53.0 Å². The molecule has 28 nitrogen and oxygen atoms in total. The molecule has 0 radical (unpaired) electrons. The summed E-state index contributed by atoms with van der Waals surface area (Å²) in [4.78, 5) is 10.4. The number of hydrogen-bond acceptors (Lipinski definition) is 27. The van der Waals surface area contributed by atoms with E-state index in [4.69, 9.17) is 139 Å². The van der Waals surface area contributed by atoms with Gasteiger partial charge in [-0.15, -0.1) is 0 Å². The van der Waals surface area contributed by atoms with E-state index in [1.54, 1.807) is 51.7 Å². The lowest BCUT2D eigenvalue weighted by Gasteiger charge is -2.21. The van der Waals surface area contributed by atoms with Gasteiger partial charge in [0.25, 0.3) is 0 Å². The van der Waals surface area contributed by atoms with Crippen LogP contribution in [-0.4, -0.2) is 134 Å². The summed E-state index contributed by atoms with van der Waals surface area (Å²) in [6, 6.07) is 47.0. The first-order chi connectivity index (χ1) is 62.5. The fourth-order valence-corrected chi connectivity index (χ4v) is 13.3. The fourth-order valence-electron chi connectivity index (χ4n) is 13.3. The number of carbonyl (C=O) groups is 1. The molecule has 0 amide bonds. The van der Waals surface area contributed by atoms with Crippen LogP contribution >= 0.6 is 0 Å². The molecule has 716 valence electrons. The van der Waals surface area contributed by atoms with Gasteiger partial charge in [0.2, 0.25) is 0 Å². The maximum absolute atomic E-state index is 10.4. The third kappa shape index (κ3) is 36.9. The summed E-state index contributed by atoms with van der Waals surface area (Å²) >= 11 is 0. The molecule has 10 aromatic rings. The molecule has 28 heteroatoms. The van der Waals surface area contributed by atoms with Crippen LogP contribution in [0.15, 0.2) is 152 Å². The van der Waals surface area contributed by atoms with Crippen molar-refractivity contribution in [1.29, 1.82) is 0 Å². The van der Waals surface area contributed by atoms with Crippen LogP contribution < -0.4 is 114 Å². The van der Waals surface area contributed by atoms with Crippen molar-refractivity contribution in [2.45, 2.75) is 186 Å². The number of carboxylic acid groups (broad SMARTS) is 1. The van der Waals surface area contributed by atoms with E-state index < -0.39 is 5.97 Å². The molecule has 2 atom stereocenters. The topological polar surface area (TPSA) is 467 Å². The molecule has 10 aromatic carbocycles. The van der Waals surface area contributed by atoms with Crippen molar-refractivity contribution >= 4 is 62.8 Å². The number of nitrogen functional groups attached to an aromatic ring is 10. The van der Waals surface area contributed by atoms with Crippen LogP contribution in [0.2, 0.25) is 0 Å². The molecule has 1 aliphatic carbocycles. The van der Waals surface area contributed by atoms with Crippen molar-refractivity contribution in [3.63, 3.8) is 0 Å². The molecular formula is C103H146N10O18. The number of benzene rings is 10. The molecule has 0 saturated heterocycles. The van der Waals surface area contributed by atoms with Crippen LogP contribution in [0.5, 0.6) is 69.0 Å². The summed E-state index contributed by atoms with van der Waals surface area (Å²) in [5.74, 6) is 8.22. The minimum absolute atomic E-state index is 0.0172. The third-order valence-corrected chi connectivity index (χ3v) is 20.6. The predicted octanol–water partition coefficient (Wildman–Crippen LogP) is 17.8. The third-order valence-electron chi connectivity index (χ3n) is 20.6. The van der Waals surface area contributed by atoms with Gasteiger partial charge in [0.1, 0.15) is 102 Å². The van der Waals surface area contributed by atoms with Crippen molar-refractivity contribution < 1.29 is 86.4 Å². The molecule has 0 bridgehead atoms. The molecule has 4 aliphatic rings. The van der Waals surface area contributed by atoms with Crippen LogP contribution in [0, 0.1) is 48.5 Å². The highest BCUT2D eigenvalue weighted by atomic mass is 16.6. The maximum atomic E-state index is 10.4. The summed E-state index contributed by atoms with van der Waals surface area (Å²) < 4.78 is 74.8. The molecule has 131 heavy (non-hydrogen) atoms. The van der Waals surface area contributed by atoms with Crippen molar-refractivity contribution in [3.05, 3.63) is 224 Å². The maximum Gasteiger partial charge on any atom is 0.307 e. The number of aliphatic hydroxyl groups is 2. The average molecular weight is 1810 g/mol. The van der Waals surface area contributed by atoms with E-state index in [1.807, 2.05) is 159 Å². The van der Waals surface area contributed by atoms with Gasteiger partial charge >= 0.3 is 5.97 Å². The molecule has 0 spiro atoms. The van der Waals surface area contributed by atoms with Gasteiger partial charge in [0.05, 0.1) is 106 Å². The number of nitrogens with two attached hydrogens (primary N) is 10. The highest BCUT2D eigenvalue weighted by Gasteiger charge is 2.33. The second kappa shape index (κ2) is 56.5. The van der Waals surface area contributed by atoms with Gasteiger partial charge < -0.3 is 139 Å². The van der Waals surface area contributed by atoms with Gasteiger partial charge in [-0.25, -0.2) is 0 Å². The van der Waals surface area contributed by atoms with Gasteiger partial charge in [-0.1, -0.05) is 68.8 Å².